The van der Waals surface area contributed by atoms with E-state index in [4.69, 9.17) is 4.74 Å². The zero-order valence-electron chi connectivity index (χ0n) is 13.2. The summed E-state index contributed by atoms with van der Waals surface area (Å²) in [6, 6.07) is 7.67. The van der Waals surface area contributed by atoms with E-state index in [1.54, 1.807) is 10.9 Å². The maximum absolute atomic E-state index is 13.1. The van der Waals surface area contributed by atoms with Gasteiger partial charge in [-0.15, -0.1) is 0 Å². The van der Waals surface area contributed by atoms with Crippen LogP contribution in [0.5, 0.6) is 0 Å². The SMILES string of the molecule is O=S(=O)(c1cnn(C2CCOC2)c1)N1CCC=Cc2ccccc21. The molecule has 0 radical (unpaired) electrons. The van der Waals surface area contributed by atoms with Gasteiger partial charge in [-0.1, -0.05) is 30.4 Å². The highest BCUT2D eigenvalue weighted by atomic mass is 32.2. The fourth-order valence-corrected chi connectivity index (χ4v) is 4.59. The Labute approximate surface area is 141 Å². The molecule has 0 amide bonds. The third-order valence-corrected chi connectivity index (χ3v) is 6.21. The van der Waals surface area contributed by atoms with Crippen molar-refractivity contribution < 1.29 is 13.2 Å². The number of hydrogen-bond donors (Lipinski definition) is 0. The van der Waals surface area contributed by atoms with Gasteiger partial charge in [0.25, 0.3) is 10.0 Å². The molecule has 24 heavy (non-hydrogen) atoms. The summed E-state index contributed by atoms with van der Waals surface area (Å²) in [5, 5.41) is 4.25. The highest BCUT2D eigenvalue weighted by Gasteiger charge is 2.29. The molecule has 0 N–H and O–H groups in total. The maximum Gasteiger partial charge on any atom is 0.267 e. The number of aromatic nitrogens is 2. The Morgan fingerprint density at radius 3 is 2.96 bits per heavy atom. The normalized spacial score (nSPS) is 20.8. The summed E-state index contributed by atoms with van der Waals surface area (Å²) in [6.45, 7) is 1.70. The molecule has 126 valence electrons. The second-order valence-corrected chi connectivity index (χ2v) is 7.86. The van der Waals surface area contributed by atoms with Gasteiger partial charge < -0.3 is 4.74 Å². The minimum Gasteiger partial charge on any atom is -0.379 e. The molecule has 1 atom stereocenters. The van der Waals surface area contributed by atoms with Gasteiger partial charge in [0, 0.05) is 19.3 Å². The Hall–Kier alpha value is -2.12. The predicted molar refractivity (Wildman–Crippen MR) is 91.3 cm³/mol. The van der Waals surface area contributed by atoms with Crippen LogP contribution >= 0.6 is 0 Å². The zero-order chi connectivity index (χ0) is 16.6. The molecule has 4 rings (SSSR count). The van der Waals surface area contributed by atoms with Crippen molar-refractivity contribution in [3.8, 4) is 0 Å². The van der Waals surface area contributed by atoms with E-state index in [-0.39, 0.29) is 10.9 Å². The average molecular weight is 345 g/mol. The van der Waals surface area contributed by atoms with E-state index in [1.807, 2.05) is 36.4 Å². The number of fused-ring (bicyclic) bond motifs is 1. The third kappa shape index (κ3) is 2.63. The van der Waals surface area contributed by atoms with Crippen LogP contribution in [-0.2, 0) is 14.8 Å². The minimum absolute atomic E-state index is 0.118. The largest absolute Gasteiger partial charge is 0.379 e. The summed E-state index contributed by atoms with van der Waals surface area (Å²) in [5.74, 6) is 0. The summed E-state index contributed by atoms with van der Waals surface area (Å²) in [5.41, 5.74) is 1.62. The second-order valence-electron chi connectivity index (χ2n) is 6.00. The average Bonchev–Trinajstić information content (AvgIpc) is 3.22. The molecule has 2 aromatic rings. The lowest BCUT2D eigenvalue weighted by Crippen LogP contribution is -2.31. The Balaban J connectivity index is 1.70. The number of benzene rings is 1. The van der Waals surface area contributed by atoms with Gasteiger partial charge in [0.2, 0.25) is 0 Å². The molecular formula is C17H19N3O3S. The van der Waals surface area contributed by atoms with Crippen LogP contribution in [0.1, 0.15) is 24.4 Å². The molecule has 0 spiro atoms. The van der Waals surface area contributed by atoms with Crippen molar-refractivity contribution in [3.05, 3.63) is 48.3 Å². The van der Waals surface area contributed by atoms with Crippen molar-refractivity contribution in [1.29, 1.82) is 0 Å². The van der Waals surface area contributed by atoms with Gasteiger partial charge in [0.1, 0.15) is 4.90 Å². The molecular weight excluding hydrogens is 326 g/mol. The van der Waals surface area contributed by atoms with Crippen molar-refractivity contribution in [3.63, 3.8) is 0 Å². The van der Waals surface area contributed by atoms with E-state index in [9.17, 15) is 8.42 Å². The quantitative estimate of drug-likeness (QED) is 0.857. The Morgan fingerprint density at radius 2 is 2.12 bits per heavy atom. The molecule has 1 fully saturated rings. The Kier molecular flexibility index (Phi) is 3.90. The molecule has 0 aliphatic carbocycles. The van der Waals surface area contributed by atoms with Crippen molar-refractivity contribution in [2.75, 3.05) is 24.1 Å². The Morgan fingerprint density at radius 1 is 1.25 bits per heavy atom. The number of sulfonamides is 1. The van der Waals surface area contributed by atoms with E-state index < -0.39 is 10.0 Å². The number of nitrogens with zero attached hydrogens (tertiary/aromatic N) is 3. The van der Waals surface area contributed by atoms with Crippen molar-refractivity contribution in [2.24, 2.45) is 0 Å². The summed E-state index contributed by atoms with van der Waals surface area (Å²) >= 11 is 0. The minimum atomic E-state index is -3.64. The van der Waals surface area contributed by atoms with Gasteiger partial charge in [-0.2, -0.15) is 5.10 Å². The summed E-state index contributed by atoms with van der Waals surface area (Å²) in [4.78, 5) is 0.228. The molecule has 2 aliphatic heterocycles. The first-order valence-corrected chi connectivity index (χ1v) is 9.50. The van der Waals surface area contributed by atoms with Crippen LogP contribution in [0.3, 0.4) is 0 Å². The molecule has 1 unspecified atom stereocenters. The first-order valence-electron chi connectivity index (χ1n) is 8.06. The molecule has 1 aromatic heterocycles. The zero-order valence-corrected chi connectivity index (χ0v) is 14.0. The first kappa shape index (κ1) is 15.4. The predicted octanol–water partition coefficient (Wildman–Crippen LogP) is 2.46. The number of anilines is 1. The molecule has 3 heterocycles. The van der Waals surface area contributed by atoms with Crippen LogP contribution in [0.15, 0.2) is 47.6 Å². The van der Waals surface area contributed by atoms with Crippen molar-refractivity contribution in [1.82, 2.24) is 9.78 Å². The number of para-hydroxylation sites is 1. The molecule has 6 nitrogen and oxygen atoms in total. The van der Waals surface area contributed by atoms with E-state index in [1.165, 1.54) is 10.5 Å². The van der Waals surface area contributed by atoms with Crippen molar-refractivity contribution >= 4 is 21.8 Å². The van der Waals surface area contributed by atoms with Gasteiger partial charge >= 0.3 is 0 Å². The van der Waals surface area contributed by atoms with Crippen LogP contribution in [0.25, 0.3) is 6.08 Å². The second kappa shape index (κ2) is 6.07. The monoisotopic (exact) mass is 345 g/mol. The van der Waals surface area contributed by atoms with E-state index in [0.29, 0.717) is 31.9 Å². The van der Waals surface area contributed by atoms with E-state index >= 15 is 0 Å². The highest BCUT2D eigenvalue weighted by molar-refractivity contribution is 7.92. The molecule has 2 aliphatic rings. The fraction of sp³-hybridized carbons (Fsp3) is 0.353. The summed E-state index contributed by atoms with van der Waals surface area (Å²) in [6.07, 6.45) is 8.58. The lowest BCUT2D eigenvalue weighted by atomic mass is 10.2. The lowest BCUT2D eigenvalue weighted by molar-refractivity contribution is 0.184. The highest BCUT2D eigenvalue weighted by Crippen LogP contribution is 2.30. The van der Waals surface area contributed by atoms with Crippen LogP contribution in [-0.4, -0.2) is 38.0 Å². The Bertz CT molecular complexity index is 867. The van der Waals surface area contributed by atoms with Crippen LogP contribution in [0.4, 0.5) is 5.69 Å². The summed E-state index contributed by atoms with van der Waals surface area (Å²) in [7, 11) is -3.64. The van der Waals surface area contributed by atoms with Crippen LogP contribution < -0.4 is 4.31 Å². The standard InChI is InChI=1S/C17H19N3O3S/c21-24(22,16-11-18-19(12-16)15-8-10-23-13-15)20-9-4-3-6-14-5-1-2-7-17(14)20/h1-3,5-7,11-12,15H,4,8-10,13H2. The molecule has 7 heteroatoms. The molecule has 1 saturated heterocycles. The van der Waals surface area contributed by atoms with Crippen molar-refractivity contribution in [2.45, 2.75) is 23.8 Å². The first-order chi connectivity index (χ1) is 11.7. The molecule has 0 saturated carbocycles. The summed E-state index contributed by atoms with van der Waals surface area (Å²) < 4.78 is 34.8. The number of ether oxygens (including phenoxy) is 1. The van der Waals surface area contributed by atoms with Gasteiger partial charge in [-0.3, -0.25) is 8.99 Å². The fourth-order valence-electron chi connectivity index (χ4n) is 3.14. The lowest BCUT2D eigenvalue weighted by Gasteiger charge is -2.23. The number of hydrogen-bond acceptors (Lipinski definition) is 4. The van der Waals surface area contributed by atoms with Crippen LogP contribution in [0.2, 0.25) is 0 Å². The van der Waals surface area contributed by atoms with Gasteiger partial charge in [0.05, 0.1) is 24.5 Å². The smallest absolute Gasteiger partial charge is 0.267 e. The van der Waals surface area contributed by atoms with E-state index in [0.717, 1.165) is 12.0 Å². The van der Waals surface area contributed by atoms with Gasteiger partial charge in [-0.25, -0.2) is 8.42 Å². The van der Waals surface area contributed by atoms with Gasteiger partial charge in [-0.05, 0) is 24.5 Å². The van der Waals surface area contributed by atoms with Crippen LogP contribution in [0, 0.1) is 0 Å². The molecule has 0 bridgehead atoms. The van der Waals surface area contributed by atoms with E-state index in [2.05, 4.69) is 5.10 Å². The third-order valence-electron chi connectivity index (χ3n) is 4.45. The maximum atomic E-state index is 13.1. The number of rotatable bonds is 3. The topological polar surface area (TPSA) is 64.4 Å². The van der Waals surface area contributed by atoms with Gasteiger partial charge in [0.15, 0.2) is 0 Å². The molecule has 1 aromatic carbocycles.